The largest absolute Gasteiger partial charge is 0.497 e. The molecule has 0 atom stereocenters. The predicted molar refractivity (Wildman–Crippen MR) is 118 cm³/mol. The highest BCUT2D eigenvalue weighted by Gasteiger charge is 2.25. The van der Waals surface area contributed by atoms with Crippen molar-refractivity contribution < 1.29 is 17.9 Å². The lowest BCUT2D eigenvalue weighted by Gasteiger charge is -2.30. The van der Waals surface area contributed by atoms with Gasteiger partial charge in [-0.1, -0.05) is 0 Å². The van der Waals surface area contributed by atoms with E-state index in [1.807, 2.05) is 4.90 Å². The van der Waals surface area contributed by atoms with Crippen LogP contribution in [0, 0.1) is 0 Å². The smallest absolute Gasteiger partial charge is 0.262 e. The molecule has 0 unspecified atom stereocenters. The third-order valence-electron chi connectivity index (χ3n) is 5.54. The number of rotatable bonds is 6. The number of nitrogens with one attached hydrogen (secondary N) is 2. The minimum absolute atomic E-state index is 0.107. The summed E-state index contributed by atoms with van der Waals surface area (Å²) >= 11 is 0. The number of methoxy groups -OCH3 is 1. The van der Waals surface area contributed by atoms with E-state index in [2.05, 4.69) is 15.0 Å². The van der Waals surface area contributed by atoms with E-state index < -0.39 is 10.0 Å². The first kappa shape index (κ1) is 21.4. The maximum atomic E-state index is 13.1. The second kappa shape index (κ2) is 9.11. The van der Waals surface area contributed by atoms with Crippen LogP contribution in [-0.4, -0.2) is 70.6 Å². The highest BCUT2D eigenvalue weighted by Crippen LogP contribution is 2.29. The number of sulfonamides is 1. The van der Waals surface area contributed by atoms with E-state index in [0.717, 1.165) is 25.9 Å². The summed E-state index contributed by atoms with van der Waals surface area (Å²) in [5, 5.41) is 3.27. The van der Waals surface area contributed by atoms with E-state index in [9.17, 15) is 13.2 Å². The molecule has 2 fully saturated rings. The van der Waals surface area contributed by atoms with Gasteiger partial charge in [0.25, 0.3) is 15.9 Å². The van der Waals surface area contributed by atoms with Crippen LogP contribution < -0.4 is 19.7 Å². The van der Waals surface area contributed by atoms with E-state index >= 15 is 0 Å². The number of anilines is 2. The van der Waals surface area contributed by atoms with Gasteiger partial charge in [-0.05, 0) is 43.2 Å². The van der Waals surface area contributed by atoms with Crippen molar-refractivity contribution in [3.05, 3.63) is 42.1 Å². The fraction of sp³-hybridized carbons (Fsp3) is 0.429. The van der Waals surface area contributed by atoms with Gasteiger partial charge in [-0.3, -0.25) is 9.52 Å². The van der Waals surface area contributed by atoms with Gasteiger partial charge >= 0.3 is 0 Å². The van der Waals surface area contributed by atoms with Gasteiger partial charge in [-0.15, -0.1) is 0 Å². The van der Waals surface area contributed by atoms with Crippen molar-refractivity contribution in [1.82, 2.24) is 15.2 Å². The first-order valence-corrected chi connectivity index (χ1v) is 11.9. The van der Waals surface area contributed by atoms with Crippen LogP contribution in [0.5, 0.6) is 5.75 Å². The number of benzene rings is 1. The molecule has 1 aromatic heterocycles. The molecule has 4 rings (SSSR count). The van der Waals surface area contributed by atoms with Crippen LogP contribution in [0.2, 0.25) is 0 Å². The van der Waals surface area contributed by atoms with Crippen LogP contribution in [0.4, 0.5) is 11.5 Å². The van der Waals surface area contributed by atoms with Gasteiger partial charge in [0.2, 0.25) is 0 Å². The molecule has 2 N–H and O–H groups in total. The molecule has 0 radical (unpaired) electrons. The number of hydrogen-bond acceptors (Lipinski definition) is 7. The summed E-state index contributed by atoms with van der Waals surface area (Å²) in [6.45, 7) is 4.38. The number of ether oxygens (including phenoxy) is 1. The predicted octanol–water partition coefficient (Wildman–Crippen LogP) is 1.54. The standard InChI is InChI=1S/C21H27N5O4S/c1-30-17-4-6-18(7-5-17)31(28,29)24-19-14-16(21(27)26-10-2-3-11-26)15-23-20(19)25-12-8-22-9-13-25/h4-7,14-15,22,24H,2-3,8-13H2,1H3. The number of likely N-dealkylation sites (tertiary alicyclic amines) is 1. The van der Waals surface area contributed by atoms with E-state index in [1.54, 1.807) is 29.3 Å². The minimum Gasteiger partial charge on any atom is -0.497 e. The second-order valence-corrected chi connectivity index (χ2v) is 9.29. The van der Waals surface area contributed by atoms with E-state index in [0.29, 0.717) is 49.0 Å². The monoisotopic (exact) mass is 445 g/mol. The molecule has 10 heteroatoms. The molecule has 2 aromatic rings. The quantitative estimate of drug-likeness (QED) is 0.695. The van der Waals surface area contributed by atoms with Gasteiger partial charge in [-0.25, -0.2) is 13.4 Å². The maximum absolute atomic E-state index is 13.1. The van der Waals surface area contributed by atoms with Crippen molar-refractivity contribution >= 4 is 27.4 Å². The Morgan fingerprint density at radius 1 is 1.10 bits per heavy atom. The number of pyridine rings is 1. The number of piperazine rings is 1. The first-order chi connectivity index (χ1) is 15.0. The third-order valence-corrected chi connectivity index (χ3v) is 6.92. The zero-order valence-corrected chi connectivity index (χ0v) is 18.3. The molecular weight excluding hydrogens is 418 g/mol. The topological polar surface area (TPSA) is 104 Å². The molecule has 9 nitrogen and oxygen atoms in total. The minimum atomic E-state index is -3.87. The number of aromatic nitrogens is 1. The Morgan fingerprint density at radius 2 is 1.77 bits per heavy atom. The summed E-state index contributed by atoms with van der Waals surface area (Å²) in [6, 6.07) is 7.76. The SMILES string of the molecule is COc1ccc(S(=O)(=O)Nc2cc(C(=O)N3CCCC3)cnc2N2CCNCC2)cc1. The molecule has 2 aliphatic heterocycles. The Hall–Kier alpha value is -2.85. The summed E-state index contributed by atoms with van der Waals surface area (Å²) in [4.78, 5) is 21.3. The van der Waals surface area contributed by atoms with Crippen LogP contribution in [0.25, 0.3) is 0 Å². The van der Waals surface area contributed by atoms with Crippen molar-refractivity contribution in [2.45, 2.75) is 17.7 Å². The number of nitrogens with zero attached hydrogens (tertiary/aromatic N) is 3. The molecule has 2 saturated heterocycles. The summed E-state index contributed by atoms with van der Waals surface area (Å²) in [5.74, 6) is 0.971. The molecule has 166 valence electrons. The van der Waals surface area contributed by atoms with Crippen LogP contribution in [0.1, 0.15) is 23.2 Å². The average Bonchev–Trinajstić information content (AvgIpc) is 3.34. The highest BCUT2D eigenvalue weighted by molar-refractivity contribution is 7.92. The Kier molecular flexibility index (Phi) is 6.28. The molecule has 1 amide bonds. The van der Waals surface area contributed by atoms with Gasteiger partial charge in [0.15, 0.2) is 5.82 Å². The molecule has 0 bridgehead atoms. The zero-order chi connectivity index (χ0) is 21.8. The van der Waals surface area contributed by atoms with Gasteiger partial charge in [0.1, 0.15) is 5.75 Å². The fourth-order valence-corrected chi connectivity index (χ4v) is 4.89. The van der Waals surface area contributed by atoms with Crippen molar-refractivity contribution in [3.63, 3.8) is 0 Å². The zero-order valence-electron chi connectivity index (χ0n) is 17.5. The number of carbonyl (C=O) groups excluding carboxylic acids is 1. The van der Waals surface area contributed by atoms with E-state index in [1.165, 1.54) is 19.2 Å². The van der Waals surface area contributed by atoms with Gasteiger partial charge in [0, 0.05) is 45.5 Å². The number of carbonyl (C=O) groups is 1. The lowest BCUT2D eigenvalue weighted by Crippen LogP contribution is -2.44. The maximum Gasteiger partial charge on any atom is 0.262 e. The Morgan fingerprint density at radius 3 is 2.42 bits per heavy atom. The lowest BCUT2D eigenvalue weighted by molar-refractivity contribution is 0.0792. The molecule has 2 aliphatic rings. The van der Waals surface area contributed by atoms with Crippen molar-refractivity contribution in [2.75, 3.05) is 56.0 Å². The Labute approximate surface area is 182 Å². The number of hydrogen-bond donors (Lipinski definition) is 2. The van der Waals surface area contributed by atoms with Crippen molar-refractivity contribution in [2.24, 2.45) is 0 Å². The Balaban J connectivity index is 1.67. The van der Waals surface area contributed by atoms with Crippen LogP contribution in [-0.2, 0) is 10.0 Å². The van der Waals surface area contributed by atoms with E-state index in [4.69, 9.17) is 4.74 Å². The summed E-state index contributed by atoms with van der Waals surface area (Å²) in [7, 11) is -2.35. The highest BCUT2D eigenvalue weighted by atomic mass is 32.2. The van der Waals surface area contributed by atoms with Crippen LogP contribution in [0.15, 0.2) is 41.4 Å². The van der Waals surface area contributed by atoms with Gasteiger partial charge in [-0.2, -0.15) is 0 Å². The second-order valence-electron chi connectivity index (χ2n) is 7.61. The summed E-state index contributed by atoms with van der Waals surface area (Å²) < 4.78 is 33.9. The first-order valence-electron chi connectivity index (χ1n) is 10.4. The molecule has 1 aromatic carbocycles. The average molecular weight is 446 g/mol. The van der Waals surface area contributed by atoms with E-state index in [-0.39, 0.29) is 10.8 Å². The third kappa shape index (κ3) is 4.75. The molecule has 0 aliphatic carbocycles. The molecule has 31 heavy (non-hydrogen) atoms. The summed E-state index contributed by atoms with van der Waals surface area (Å²) in [6.07, 6.45) is 3.51. The molecule has 0 spiro atoms. The number of amides is 1. The molecule has 3 heterocycles. The molecule has 0 saturated carbocycles. The van der Waals surface area contributed by atoms with Crippen molar-refractivity contribution in [3.8, 4) is 5.75 Å². The summed E-state index contributed by atoms with van der Waals surface area (Å²) in [5.41, 5.74) is 0.691. The normalized spacial score (nSPS) is 16.9. The van der Waals surface area contributed by atoms with Crippen LogP contribution in [0.3, 0.4) is 0 Å². The van der Waals surface area contributed by atoms with Gasteiger partial charge < -0.3 is 19.9 Å². The Bertz CT molecular complexity index is 1030. The van der Waals surface area contributed by atoms with Crippen molar-refractivity contribution in [1.29, 1.82) is 0 Å². The lowest BCUT2D eigenvalue weighted by atomic mass is 10.2. The van der Waals surface area contributed by atoms with Crippen LogP contribution >= 0.6 is 0 Å². The van der Waals surface area contributed by atoms with Gasteiger partial charge in [0.05, 0.1) is 23.3 Å². The fourth-order valence-electron chi connectivity index (χ4n) is 3.84. The molecular formula is C21H27N5O4S.